The number of anilines is 1. The largest absolute Gasteiger partial charge is 0.379 e. The number of ether oxygens (including phenoxy) is 1. The Labute approximate surface area is 153 Å². The first-order valence-electron chi connectivity index (χ1n) is 9.41. The maximum atomic E-state index is 5.79. The smallest absolute Gasteiger partial charge is 0.230 e. The minimum atomic E-state index is 0.299. The van der Waals surface area contributed by atoms with Gasteiger partial charge in [-0.3, -0.25) is 5.41 Å². The second kappa shape index (κ2) is 7.97. The predicted octanol–water partition coefficient (Wildman–Crippen LogP) is 0.972. The Morgan fingerprint density at radius 2 is 2.12 bits per heavy atom. The molecule has 1 aromatic heterocycles. The van der Waals surface area contributed by atoms with Crippen LogP contribution in [0.4, 0.5) is 5.69 Å². The topological polar surface area (TPSA) is 97.8 Å². The summed E-state index contributed by atoms with van der Waals surface area (Å²) in [5.41, 5.74) is 2.87. The molecule has 1 unspecified atom stereocenters. The molecule has 2 saturated heterocycles. The lowest BCUT2D eigenvalue weighted by Gasteiger charge is -2.24. The van der Waals surface area contributed by atoms with Gasteiger partial charge in [0.1, 0.15) is 0 Å². The van der Waals surface area contributed by atoms with Gasteiger partial charge in [-0.15, -0.1) is 0 Å². The van der Waals surface area contributed by atoms with Crippen molar-refractivity contribution >= 4 is 11.9 Å². The van der Waals surface area contributed by atoms with Crippen molar-refractivity contribution in [2.75, 3.05) is 31.6 Å². The molecule has 0 amide bonds. The van der Waals surface area contributed by atoms with Crippen molar-refractivity contribution < 1.29 is 14.7 Å². The van der Waals surface area contributed by atoms with Crippen LogP contribution in [0.3, 0.4) is 0 Å². The zero-order chi connectivity index (χ0) is 17.8. The summed E-state index contributed by atoms with van der Waals surface area (Å²) in [5.74, 6) is 1.72. The van der Waals surface area contributed by atoms with Gasteiger partial charge in [0.2, 0.25) is 11.7 Å². The van der Waals surface area contributed by atoms with Crippen LogP contribution in [0.15, 0.2) is 22.7 Å². The number of nitrogens with two attached hydrogens (primary N) is 1. The van der Waals surface area contributed by atoms with E-state index in [1.165, 1.54) is 0 Å². The predicted molar refractivity (Wildman–Crippen MR) is 99.1 cm³/mol. The lowest BCUT2D eigenvalue weighted by Crippen LogP contribution is -2.33. The second-order valence-electron chi connectivity index (χ2n) is 7.01. The van der Waals surface area contributed by atoms with E-state index < -0.39 is 0 Å². The Morgan fingerprint density at radius 1 is 1.23 bits per heavy atom. The normalized spacial score (nSPS) is 21.5. The van der Waals surface area contributed by atoms with E-state index >= 15 is 0 Å². The third kappa shape index (κ3) is 3.78. The third-order valence-corrected chi connectivity index (χ3v) is 5.14. The Balaban J connectivity index is 1.55. The average Bonchev–Trinajstić information content (AvgIpc) is 3.20. The standard InChI is InChI=1S/C19H25N5O2/c20-11-15-4-3-14(10-17(15)22-16-2-1-9-25-12-16)18-23-19(26-24-18)13-5-7-21-8-6-13/h3-4,10-11,13,16,20-22H,1-2,5-9,12H2/p+1. The Bertz CT molecular complexity index is 748. The van der Waals surface area contributed by atoms with E-state index in [2.05, 4.69) is 20.8 Å². The first-order valence-corrected chi connectivity index (χ1v) is 9.41. The number of piperidine rings is 1. The first-order chi connectivity index (χ1) is 12.8. The molecular weight excluding hydrogens is 330 g/mol. The van der Waals surface area contributed by atoms with Crippen molar-refractivity contribution in [1.82, 2.24) is 15.5 Å². The van der Waals surface area contributed by atoms with Crippen molar-refractivity contribution in [3.63, 3.8) is 0 Å². The molecule has 1 aromatic carbocycles. The van der Waals surface area contributed by atoms with Crippen LogP contribution in [0.1, 0.15) is 43.1 Å². The number of aromatic nitrogens is 2. The maximum absolute atomic E-state index is 5.79. The van der Waals surface area contributed by atoms with Gasteiger partial charge in [0.15, 0.2) is 6.21 Å². The van der Waals surface area contributed by atoms with Crippen molar-refractivity contribution in [2.24, 2.45) is 0 Å². The molecule has 0 bridgehead atoms. The van der Waals surface area contributed by atoms with Crippen LogP contribution in [-0.2, 0) is 4.74 Å². The lowest BCUT2D eigenvalue weighted by molar-refractivity contribution is -0.104. The van der Waals surface area contributed by atoms with Gasteiger partial charge in [0, 0.05) is 29.8 Å². The van der Waals surface area contributed by atoms with Gasteiger partial charge in [0.05, 0.1) is 12.2 Å². The Hall–Kier alpha value is -2.25. The molecule has 0 spiro atoms. The summed E-state index contributed by atoms with van der Waals surface area (Å²) in [6.07, 6.45) is 5.86. The lowest BCUT2D eigenvalue weighted by atomic mass is 9.98. The van der Waals surface area contributed by atoms with Gasteiger partial charge < -0.3 is 19.9 Å². The summed E-state index contributed by atoms with van der Waals surface area (Å²) >= 11 is 0. The van der Waals surface area contributed by atoms with Crippen LogP contribution in [0, 0.1) is 0 Å². The van der Waals surface area contributed by atoms with E-state index in [0.717, 1.165) is 74.7 Å². The fraction of sp³-hybridized carbons (Fsp3) is 0.526. The molecule has 2 aliphatic heterocycles. The molecule has 4 rings (SSSR count). The molecular formula is C19H26N5O2+. The molecule has 3 heterocycles. The molecule has 7 heteroatoms. The van der Waals surface area contributed by atoms with Crippen molar-refractivity contribution in [2.45, 2.75) is 37.6 Å². The SMILES string of the molecule is [NH2+]=Cc1ccc(-c2noc(C3CCNCC3)n2)cc1NC1CCCOC1. The first kappa shape index (κ1) is 17.2. The number of hydrogen-bond acceptors (Lipinski definition) is 6. The van der Waals surface area contributed by atoms with E-state index in [-0.39, 0.29) is 0 Å². The molecule has 0 aliphatic carbocycles. The summed E-state index contributed by atoms with van der Waals surface area (Å²) in [5, 5.41) is 16.9. The van der Waals surface area contributed by atoms with Gasteiger partial charge in [-0.1, -0.05) is 11.2 Å². The molecule has 2 aliphatic rings. The number of rotatable bonds is 5. The molecule has 26 heavy (non-hydrogen) atoms. The van der Waals surface area contributed by atoms with E-state index in [9.17, 15) is 0 Å². The number of nitrogens with zero attached hydrogens (tertiary/aromatic N) is 2. The van der Waals surface area contributed by atoms with Crippen molar-refractivity contribution in [3.8, 4) is 11.4 Å². The van der Waals surface area contributed by atoms with Gasteiger partial charge in [-0.05, 0) is 50.9 Å². The van der Waals surface area contributed by atoms with E-state index in [4.69, 9.17) is 14.7 Å². The summed E-state index contributed by atoms with van der Waals surface area (Å²) < 4.78 is 11.1. The Morgan fingerprint density at radius 3 is 2.88 bits per heavy atom. The molecule has 4 N–H and O–H groups in total. The van der Waals surface area contributed by atoms with E-state index in [1.54, 1.807) is 6.21 Å². The minimum Gasteiger partial charge on any atom is -0.379 e. The fourth-order valence-corrected chi connectivity index (χ4v) is 3.63. The highest BCUT2D eigenvalue weighted by molar-refractivity contribution is 5.86. The molecule has 0 radical (unpaired) electrons. The van der Waals surface area contributed by atoms with Crippen LogP contribution in [0.5, 0.6) is 0 Å². The zero-order valence-electron chi connectivity index (χ0n) is 14.9. The molecule has 7 nitrogen and oxygen atoms in total. The summed E-state index contributed by atoms with van der Waals surface area (Å²) in [6.45, 7) is 3.56. The minimum absolute atomic E-state index is 0.299. The van der Waals surface area contributed by atoms with Crippen molar-refractivity contribution in [1.29, 1.82) is 0 Å². The average molecular weight is 356 g/mol. The molecule has 2 fully saturated rings. The second-order valence-corrected chi connectivity index (χ2v) is 7.01. The molecule has 2 aromatic rings. The highest BCUT2D eigenvalue weighted by Crippen LogP contribution is 2.28. The summed E-state index contributed by atoms with van der Waals surface area (Å²) in [7, 11) is 0. The van der Waals surface area contributed by atoms with Gasteiger partial charge in [-0.25, -0.2) is 0 Å². The highest BCUT2D eigenvalue weighted by atomic mass is 16.5. The molecule has 0 saturated carbocycles. The quantitative estimate of drug-likeness (QED) is 0.691. The summed E-state index contributed by atoms with van der Waals surface area (Å²) in [4.78, 5) is 4.65. The number of nitrogens with one attached hydrogen (secondary N) is 2. The fourth-order valence-electron chi connectivity index (χ4n) is 3.63. The van der Waals surface area contributed by atoms with Crippen LogP contribution < -0.4 is 16.0 Å². The third-order valence-electron chi connectivity index (χ3n) is 5.14. The zero-order valence-corrected chi connectivity index (χ0v) is 14.9. The van der Waals surface area contributed by atoms with Crippen LogP contribution >= 0.6 is 0 Å². The van der Waals surface area contributed by atoms with Crippen molar-refractivity contribution in [3.05, 3.63) is 29.7 Å². The van der Waals surface area contributed by atoms with E-state index in [1.807, 2.05) is 18.2 Å². The highest BCUT2D eigenvalue weighted by Gasteiger charge is 2.22. The number of hydrogen-bond donors (Lipinski definition) is 3. The van der Waals surface area contributed by atoms with Crippen LogP contribution in [-0.4, -0.2) is 48.7 Å². The number of benzene rings is 1. The molecule has 138 valence electrons. The molecule has 1 atom stereocenters. The van der Waals surface area contributed by atoms with Gasteiger partial charge in [0.25, 0.3) is 0 Å². The van der Waals surface area contributed by atoms with E-state index in [0.29, 0.717) is 17.8 Å². The van der Waals surface area contributed by atoms with Gasteiger partial charge in [-0.2, -0.15) is 4.98 Å². The van der Waals surface area contributed by atoms with Crippen LogP contribution in [0.2, 0.25) is 0 Å². The monoisotopic (exact) mass is 356 g/mol. The van der Waals surface area contributed by atoms with Gasteiger partial charge >= 0.3 is 0 Å². The summed E-state index contributed by atoms with van der Waals surface area (Å²) in [6, 6.07) is 6.32. The Kier molecular flexibility index (Phi) is 5.26. The maximum Gasteiger partial charge on any atom is 0.230 e. The van der Waals surface area contributed by atoms with Crippen LogP contribution in [0.25, 0.3) is 11.4 Å².